The molecule has 1 aromatic heterocycles. The van der Waals surface area contributed by atoms with Gasteiger partial charge in [-0.3, -0.25) is 0 Å². The first-order chi connectivity index (χ1) is 7.84. The Kier molecular flexibility index (Phi) is 3.22. The number of aliphatic hydroxyl groups excluding tert-OH is 1. The van der Waals surface area contributed by atoms with Gasteiger partial charge in [-0.25, -0.2) is 4.98 Å². The number of thiazole rings is 1. The third-order valence-corrected chi connectivity index (χ3v) is 6.18. The summed E-state index contributed by atoms with van der Waals surface area (Å²) >= 11 is 3.90. The predicted octanol–water partition coefficient (Wildman–Crippen LogP) is 3.47. The van der Waals surface area contributed by atoms with Crippen LogP contribution < -0.4 is 0 Å². The Morgan fingerprint density at radius 1 is 1.19 bits per heavy atom. The highest BCUT2D eigenvalue weighted by molar-refractivity contribution is 7.99. The maximum absolute atomic E-state index is 9.91. The number of hydrogen-bond donors (Lipinski definition) is 1. The van der Waals surface area contributed by atoms with Crippen molar-refractivity contribution in [1.82, 2.24) is 4.98 Å². The van der Waals surface area contributed by atoms with E-state index in [0.717, 1.165) is 25.0 Å². The van der Waals surface area contributed by atoms with Crippen LogP contribution in [-0.4, -0.2) is 15.8 Å². The van der Waals surface area contributed by atoms with Crippen molar-refractivity contribution in [3.63, 3.8) is 0 Å². The van der Waals surface area contributed by atoms with Gasteiger partial charge in [-0.2, -0.15) is 11.8 Å². The normalized spacial score (nSPS) is 30.1. The second-order valence-corrected chi connectivity index (χ2v) is 7.05. The molecule has 4 heteroatoms. The number of hydrogen-bond acceptors (Lipinski definition) is 4. The Morgan fingerprint density at radius 2 is 2.12 bits per heavy atom. The Labute approximate surface area is 104 Å². The lowest BCUT2D eigenvalue weighted by molar-refractivity contribution is 0.153. The number of fused-ring (bicyclic) bond motifs is 1. The molecule has 0 radical (unpaired) electrons. The van der Waals surface area contributed by atoms with Crippen molar-refractivity contribution < 1.29 is 5.11 Å². The average molecular weight is 255 g/mol. The minimum absolute atomic E-state index is 0.289. The van der Waals surface area contributed by atoms with Crippen LogP contribution in [0.1, 0.15) is 59.0 Å². The zero-order valence-corrected chi connectivity index (χ0v) is 10.9. The predicted molar refractivity (Wildman–Crippen MR) is 69.1 cm³/mol. The SMILES string of the molecule is OC1CCCc2sc(C3CCCCS3)nc21. The van der Waals surface area contributed by atoms with E-state index in [1.165, 1.54) is 34.9 Å². The molecule has 3 rings (SSSR count). The van der Waals surface area contributed by atoms with Crippen LogP contribution >= 0.6 is 23.1 Å². The van der Waals surface area contributed by atoms with Crippen molar-refractivity contribution in [3.8, 4) is 0 Å². The topological polar surface area (TPSA) is 33.1 Å². The van der Waals surface area contributed by atoms with E-state index in [1.54, 1.807) is 0 Å². The summed E-state index contributed by atoms with van der Waals surface area (Å²) in [4.78, 5) is 6.05. The van der Waals surface area contributed by atoms with Crippen molar-refractivity contribution >= 4 is 23.1 Å². The second kappa shape index (κ2) is 4.67. The lowest BCUT2D eigenvalue weighted by Gasteiger charge is -2.18. The van der Waals surface area contributed by atoms with Gasteiger partial charge in [-0.05, 0) is 37.9 Å². The molecule has 2 unspecified atom stereocenters. The van der Waals surface area contributed by atoms with Crippen LogP contribution in [-0.2, 0) is 6.42 Å². The molecule has 1 fully saturated rings. The molecule has 2 aliphatic rings. The summed E-state index contributed by atoms with van der Waals surface area (Å²) in [5.41, 5.74) is 0.998. The fourth-order valence-corrected chi connectivity index (χ4v) is 5.20. The summed E-state index contributed by atoms with van der Waals surface area (Å²) in [7, 11) is 0. The molecule has 0 bridgehead atoms. The monoisotopic (exact) mass is 255 g/mol. The van der Waals surface area contributed by atoms with E-state index >= 15 is 0 Å². The molecular formula is C12H17NOS2. The molecule has 0 spiro atoms. The summed E-state index contributed by atoms with van der Waals surface area (Å²) in [6, 6.07) is 0. The van der Waals surface area contributed by atoms with Crippen molar-refractivity contribution in [2.24, 2.45) is 0 Å². The minimum atomic E-state index is -0.289. The second-order valence-electron chi connectivity index (χ2n) is 4.62. The van der Waals surface area contributed by atoms with Gasteiger partial charge >= 0.3 is 0 Å². The number of aryl methyl sites for hydroxylation is 1. The van der Waals surface area contributed by atoms with E-state index in [0.29, 0.717) is 5.25 Å². The molecule has 1 saturated heterocycles. The smallest absolute Gasteiger partial charge is 0.106 e. The summed E-state index contributed by atoms with van der Waals surface area (Å²) in [6.45, 7) is 0. The molecule has 2 nitrogen and oxygen atoms in total. The van der Waals surface area contributed by atoms with E-state index < -0.39 is 0 Å². The number of aliphatic hydroxyl groups is 1. The molecule has 1 aromatic rings. The van der Waals surface area contributed by atoms with E-state index in [1.807, 2.05) is 23.1 Å². The van der Waals surface area contributed by atoms with Crippen LogP contribution in [0, 0.1) is 0 Å². The first kappa shape index (κ1) is 11.1. The van der Waals surface area contributed by atoms with Gasteiger partial charge in [-0.15, -0.1) is 11.3 Å². The lowest BCUT2D eigenvalue weighted by Crippen LogP contribution is -2.07. The van der Waals surface area contributed by atoms with Crippen LogP contribution in [0.5, 0.6) is 0 Å². The highest BCUT2D eigenvalue weighted by Crippen LogP contribution is 2.43. The van der Waals surface area contributed by atoms with Crippen molar-refractivity contribution in [2.45, 2.75) is 49.9 Å². The third-order valence-electron chi connectivity index (χ3n) is 3.40. The van der Waals surface area contributed by atoms with E-state index in [2.05, 4.69) is 0 Å². The first-order valence-electron chi connectivity index (χ1n) is 6.14. The van der Waals surface area contributed by atoms with Crippen LogP contribution in [0.25, 0.3) is 0 Å². The molecule has 16 heavy (non-hydrogen) atoms. The lowest BCUT2D eigenvalue weighted by atomic mass is 10.0. The fourth-order valence-electron chi connectivity index (χ4n) is 2.49. The number of aromatic nitrogens is 1. The average Bonchev–Trinajstić information content (AvgIpc) is 2.76. The molecular weight excluding hydrogens is 238 g/mol. The van der Waals surface area contributed by atoms with Gasteiger partial charge in [0.1, 0.15) is 5.01 Å². The van der Waals surface area contributed by atoms with Gasteiger partial charge in [0.05, 0.1) is 17.0 Å². The maximum atomic E-state index is 9.91. The first-order valence-corrected chi connectivity index (χ1v) is 8.00. The third kappa shape index (κ3) is 2.03. The number of rotatable bonds is 1. The Hall–Kier alpha value is -0.0600. The zero-order valence-electron chi connectivity index (χ0n) is 9.32. The van der Waals surface area contributed by atoms with E-state index in [4.69, 9.17) is 4.98 Å². The summed E-state index contributed by atoms with van der Waals surface area (Å²) in [5.74, 6) is 1.28. The quantitative estimate of drug-likeness (QED) is 0.834. The molecule has 2 atom stereocenters. The molecule has 2 heterocycles. The van der Waals surface area contributed by atoms with Crippen LogP contribution in [0.4, 0.5) is 0 Å². The highest BCUT2D eigenvalue weighted by Gasteiger charge is 2.26. The number of thioether (sulfide) groups is 1. The van der Waals surface area contributed by atoms with Crippen LogP contribution in [0.15, 0.2) is 0 Å². The standard InChI is InChI=1S/C12H17NOS2/c14-8-4-3-6-9-11(8)13-12(16-9)10-5-1-2-7-15-10/h8,10,14H,1-7H2. The van der Waals surface area contributed by atoms with Crippen molar-refractivity contribution in [1.29, 1.82) is 0 Å². The van der Waals surface area contributed by atoms with Crippen LogP contribution in [0.3, 0.4) is 0 Å². The Balaban J connectivity index is 1.85. The van der Waals surface area contributed by atoms with E-state index in [9.17, 15) is 5.11 Å². The van der Waals surface area contributed by atoms with Crippen molar-refractivity contribution in [2.75, 3.05) is 5.75 Å². The molecule has 1 aliphatic carbocycles. The largest absolute Gasteiger partial charge is 0.387 e. The minimum Gasteiger partial charge on any atom is -0.387 e. The van der Waals surface area contributed by atoms with Gasteiger partial charge in [-0.1, -0.05) is 6.42 Å². The summed E-state index contributed by atoms with van der Waals surface area (Å²) in [5, 5.41) is 11.8. The molecule has 0 amide bonds. The van der Waals surface area contributed by atoms with Gasteiger partial charge < -0.3 is 5.11 Å². The van der Waals surface area contributed by atoms with Gasteiger partial charge in [0.15, 0.2) is 0 Å². The fraction of sp³-hybridized carbons (Fsp3) is 0.750. The highest BCUT2D eigenvalue weighted by atomic mass is 32.2. The van der Waals surface area contributed by atoms with Crippen LogP contribution in [0.2, 0.25) is 0 Å². The zero-order chi connectivity index (χ0) is 11.0. The molecule has 1 N–H and O–H groups in total. The Morgan fingerprint density at radius 3 is 2.88 bits per heavy atom. The van der Waals surface area contributed by atoms with Crippen molar-refractivity contribution in [3.05, 3.63) is 15.6 Å². The molecule has 88 valence electrons. The van der Waals surface area contributed by atoms with Gasteiger partial charge in [0, 0.05) is 4.88 Å². The van der Waals surface area contributed by atoms with Gasteiger partial charge in [0.25, 0.3) is 0 Å². The maximum Gasteiger partial charge on any atom is 0.106 e. The van der Waals surface area contributed by atoms with E-state index in [-0.39, 0.29) is 6.10 Å². The molecule has 1 aliphatic heterocycles. The number of nitrogens with zero attached hydrogens (tertiary/aromatic N) is 1. The van der Waals surface area contributed by atoms with Gasteiger partial charge in [0.2, 0.25) is 0 Å². The molecule has 0 saturated carbocycles. The molecule has 0 aromatic carbocycles. The summed E-state index contributed by atoms with van der Waals surface area (Å²) in [6.07, 6.45) is 6.82. The summed E-state index contributed by atoms with van der Waals surface area (Å²) < 4.78 is 0. The Bertz CT molecular complexity index is 371.